The second kappa shape index (κ2) is 30.8. The molecule has 1 saturated heterocycles. The number of sulfonamides is 2. The van der Waals surface area contributed by atoms with Crippen molar-refractivity contribution in [3.63, 3.8) is 0 Å². The molecule has 484 valence electrons. The van der Waals surface area contributed by atoms with Gasteiger partial charge in [0.2, 0.25) is 0 Å². The topological polar surface area (TPSA) is 246 Å². The van der Waals surface area contributed by atoms with Crippen LogP contribution >= 0.6 is 31.9 Å². The van der Waals surface area contributed by atoms with Crippen LogP contribution in [0, 0.1) is 20.8 Å². The summed E-state index contributed by atoms with van der Waals surface area (Å²) in [7, 11) is 4.84. The molecule has 7 aromatic carbocycles. The van der Waals surface area contributed by atoms with Crippen LogP contribution in [0.1, 0.15) is 59.2 Å². The van der Waals surface area contributed by atoms with Gasteiger partial charge in [-0.1, -0.05) is 81.3 Å². The predicted molar refractivity (Wildman–Crippen MR) is 359 cm³/mol. The number of hydrogen-bond acceptors (Lipinski definition) is 19. The number of fused-ring (bicyclic) bond motifs is 2. The fraction of sp³-hybridized carbons (Fsp3) is 0.312. The molecule has 9 aromatic rings. The Hall–Kier alpha value is -7.88. The summed E-state index contributed by atoms with van der Waals surface area (Å²) in [6, 6.07) is 34.1. The van der Waals surface area contributed by atoms with Gasteiger partial charge in [0.15, 0.2) is 32.6 Å². The van der Waals surface area contributed by atoms with E-state index in [0.717, 1.165) is 43.7 Å². The lowest BCUT2D eigenvalue weighted by atomic mass is 9.78. The van der Waals surface area contributed by atoms with Gasteiger partial charge in [0.25, 0.3) is 20.0 Å². The standard InChI is InChI=1S/C24H24N2O7S.C16H15BrN2O6S.C14H21BO3.C8H9BrO.2CH4/c1-14-9-15(11-17(10-14)29-2)16-12-20(32-5)22-21(13-16)33-25-24(22)26-34(27,28)23-18(30-3)7-6-8-19(23)31-4;1-22-10-5-4-6-11(23-2)15(10)26(20,21)19-16-14-12(24-3)7-9(17)8-13(14)25-18-16;1-10-7-11(9-12(8-10)16-6)15-17-13(2,3)14(4,5)18-15;1-6-3-7(9)5-8(4-6)10-2;;/h6-13H,1-5H3,(H,25,26);4-8H,1-3H3,(H,18,19);7-9H,1-6H3;3-5H,1-2H3;2*1H4. The quantitative estimate of drug-likeness (QED) is 0.0804. The van der Waals surface area contributed by atoms with Crippen LogP contribution in [0.5, 0.6) is 51.7 Å². The number of anilines is 2. The van der Waals surface area contributed by atoms with E-state index in [1.807, 2.05) is 69.3 Å². The van der Waals surface area contributed by atoms with Gasteiger partial charge in [-0.05, 0) is 173 Å². The van der Waals surface area contributed by atoms with E-state index in [0.29, 0.717) is 43.7 Å². The van der Waals surface area contributed by atoms with E-state index in [-0.39, 0.29) is 77.6 Å². The van der Waals surface area contributed by atoms with Crippen LogP contribution in [-0.4, -0.2) is 109 Å². The summed E-state index contributed by atoms with van der Waals surface area (Å²) in [5, 5.41) is 8.55. The van der Waals surface area contributed by atoms with Crippen molar-refractivity contribution in [2.75, 3.05) is 73.4 Å². The molecule has 10 rings (SSSR count). The molecule has 0 atom stereocenters. The number of methoxy groups -OCH3 is 9. The summed E-state index contributed by atoms with van der Waals surface area (Å²) < 4.78 is 129. The lowest BCUT2D eigenvalue weighted by Crippen LogP contribution is -2.41. The highest BCUT2D eigenvalue weighted by Crippen LogP contribution is 2.43. The molecule has 1 aliphatic heterocycles. The van der Waals surface area contributed by atoms with Gasteiger partial charge in [-0.25, -0.2) is 16.8 Å². The van der Waals surface area contributed by atoms with Gasteiger partial charge >= 0.3 is 7.12 Å². The van der Waals surface area contributed by atoms with E-state index < -0.39 is 20.0 Å². The molecule has 0 saturated carbocycles. The van der Waals surface area contributed by atoms with E-state index in [2.05, 4.69) is 85.4 Å². The Balaban J connectivity index is 0.000000233. The number of nitrogens with one attached hydrogen (secondary N) is 2. The van der Waals surface area contributed by atoms with Crippen LogP contribution in [0.3, 0.4) is 0 Å². The summed E-state index contributed by atoms with van der Waals surface area (Å²) >= 11 is 6.70. The Labute approximate surface area is 544 Å². The molecule has 0 bridgehead atoms. The maximum atomic E-state index is 13.3. The normalized spacial score (nSPS) is 12.8. The Kier molecular flexibility index (Phi) is 24.9. The highest BCUT2D eigenvalue weighted by molar-refractivity contribution is 9.10. The van der Waals surface area contributed by atoms with Crippen LogP contribution in [0.25, 0.3) is 33.1 Å². The molecule has 90 heavy (non-hydrogen) atoms. The minimum atomic E-state index is -4.16. The average molecular weight is 1410 g/mol. The molecule has 2 aromatic heterocycles. The van der Waals surface area contributed by atoms with E-state index >= 15 is 0 Å². The Morgan fingerprint density at radius 2 is 0.800 bits per heavy atom. The molecular formula is C64H77BBr2N4O17S2. The largest absolute Gasteiger partial charge is 0.497 e. The Morgan fingerprint density at radius 3 is 1.22 bits per heavy atom. The van der Waals surface area contributed by atoms with Crippen molar-refractivity contribution in [3.05, 3.63) is 141 Å². The van der Waals surface area contributed by atoms with Crippen molar-refractivity contribution in [1.82, 2.24) is 10.3 Å². The highest BCUT2D eigenvalue weighted by Gasteiger charge is 2.52. The van der Waals surface area contributed by atoms with Gasteiger partial charge in [-0.3, -0.25) is 9.44 Å². The number of ether oxygens (including phenoxy) is 9. The fourth-order valence-electron chi connectivity index (χ4n) is 9.05. The van der Waals surface area contributed by atoms with E-state index in [1.54, 1.807) is 57.7 Å². The Morgan fingerprint density at radius 1 is 0.433 bits per heavy atom. The number of nitrogens with zero attached hydrogens (tertiary/aromatic N) is 2. The van der Waals surface area contributed by atoms with Gasteiger partial charge < -0.3 is 61.0 Å². The summed E-state index contributed by atoms with van der Waals surface area (Å²) in [5.74, 6) is 3.74. The minimum absolute atomic E-state index is 0. The van der Waals surface area contributed by atoms with Crippen molar-refractivity contribution in [2.24, 2.45) is 0 Å². The molecule has 0 radical (unpaired) electrons. The number of halogens is 2. The van der Waals surface area contributed by atoms with Crippen molar-refractivity contribution < 1.29 is 77.8 Å². The summed E-state index contributed by atoms with van der Waals surface area (Å²) in [4.78, 5) is -0.296. The van der Waals surface area contributed by atoms with Gasteiger partial charge in [-0.15, -0.1) is 0 Å². The van der Waals surface area contributed by atoms with Crippen LogP contribution < -0.4 is 57.5 Å². The van der Waals surface area contributed by atoms with E-state index in [1.165, 1.54) is 72.5 Å². The monoisotopic (exact) mass is 1410 g/mol. The average Bonchev–Trinajstić information content (AvgIpc) is 2.81. The first kappa shape index (κ1) is 72.9. The minimum Gasteiger partial charge on any atom is -0.497 e. The van der Waals surface area contributed by atoms with Crippen LogP contribution in [0.15, 0.2) is 143 Å². The van der Waals surface area contributed by atoms with Crippen molar-refractivity contribution in [1.29, 1.82) is 0 Å². The van der Waals surface area contributed by atoms with Gasteiger partial charge in [-0.2, -0.15) is 0 Å². The van der Waals surface area contributed by atoms with Crippen molar-refractivity contribution in [2.45, 2.75) is 84.3 Å². The number of benzene rings is 7. The molecule has 21 nitrogen and oxygen atoms in total. The molecule has 0 aliphatic carbocycles. The first-order valence-corrected chi connectivity index (χ1v) is 31.3. The molecule has 0 amide bonds. The summed E-state index contributed by atoms with van der Waals surface area (Å²) in [6.07, 6.45) is 0. The second-order valence-corrected chi connectivity index (χ2v) is 25.6. The molecule has 2 N–H and O–H groups in total. The van der Waals surface area contributed by atoms with Crippen LogP contribution in [0.2, 0.25) is 0 Å². The van der Waals surface area contributed by atoms with E-state index in [9.17, 15) is 16.8 Å². The molecule has 3 heterocycles. The molecule has 1 aliphatic rings. The van der Waals surface area contributed by atoms with Gasteiger partial charge in [0.1, 0.15) is 62.5 Å². The van der Waals surface area contributed by atoms with E-state index in [4.69, 9.17) is 61.0 Å². The zero-order valence-corrected chi connectivity index (χ0v) is 56.3. The zero-order chi connectivity index (χ0) is 64.5. The third-order valence-electron chi connectivity index (χ3n) is 14.0. The lowest BCUT2D eigenvalue weighted by molar-refractivity contribution is 0.00578. The number of aryl methyl sites for hydroxylation is 3. The number of aromatic nitrogens is 2. The maximum absolute atomic E-state index is 13.3. The van der Waals surface area contributed by atoms with Gasteiger partial charge in [0.05, 0.1) is 75.2 Å². The first-order chi connectivity index (χ1) is 41.7. The number of rotatable bonds is 17. The first-order valence-electron chi connectivity index (χ1n) is 26.8. The Bertz CT molecular complexity index is 4100. The second-order valence-electron chi connectivity index (χ2n) is 20.6. The van der Waals surface area contributed by atoms with Crippen LogP contribution in [-0.2, 0) is 29.4 Å². The third kappa shape index (κ3) is 16.7. The van der Waals surface area contributed by atoms with Crippen molar-refractivity contribution in [3.8, 4) is 62.9 Å². The van der Waals surface area contributed by atoms with Gasteiger partial charge in [0, 0.05) is 8.95 Å². The zero-order valence-electron chi connectivity index (χ0n) is 51.5. The van der Waals surface area contributed by atoms with Crippen LogP contribution in [0.4, 0.5) is 11.6 Å². The smallest absolute Gasteiger partial charge is 0.494 e. The van der Waals surface area contributed by atoms with Crippen molar-refractivity contribution >= 4 is 98.1 Å². The SMILES string of the molecule is C.C.COc1cc(C)cc(-c2cc(OC)c3c(NS(=O)(=O)c4c(OC)cccc4OC)noc3c2)c1.COc1cc(C)cc(B2OC(C)(C)C(C)(C)O2)c1.COc1cc(C)cc(Br)c1.COc1cccc(OC)c1S(=O)(=O)Nc1noc2cc(Br)cc(OC)c12. The summed E-state index contributed by atoms with van der Waals surface area (Å²) in [6.45, 7) is 14.3. The molecule has 26 heteroatoms. The third-order valence-corrected chi connectivity index (χ3v) is 17.7. The molecule has 0 spiro atoms. The lowest BCUT2D eigenvalue weighted by Gasteiger charge is -2.32. The predicted octanol–water partition coefficient (Wildman–Crippen LogP) is 14.4. The molecular weight excluding hydrogens is 1330 g/mol. The maximum Gasteiger partial charge on any atom is 0.494 e. The summed E-state index contributed by atoms with van der Waals surface area (Å²) in [5.41, 5.74) is 6.13. The molecule has 0 unspecified atom stereocenters. The fourth-order valence-corrected chi connectivity index (χ4v) is 12.7. The highest BCUT2D eigenvalue weighted by atomic mass is 79.9. The molecule has 1 fully saturated rings. The number of hydrogen-bond donors (Lipinski definition) is 2.